The molecular weight excluding hydrogens is 401 g/mol. The fourth-order valence-corrected chi connectivity index (χ4v) is 4.36. The quantitative estimate of drug-likeness (QED) is 0.181. The van der Waals surface area contributed by atoms with Gasteiger partial charge >= 0.3 is 0 Å². The van der Waals surface area contributed by atoms with Crippen LogP contribution in [0, 0.1) is 39.2 Å². The maximum absolute atomic E-state index is 14.0. The summed E-state index contributed by atoms with van der Waals surface area (Å²) in [5.74, 6) is -10.3. The third-order valence-electron chi connectivity index (χ3n) is 3.64. The van der Waals surface area contributed by atoms with Crippen molar-refractivity contribution in [2.45, 2.75) is 19.7 Å². The van der Waals surface area contributed by atoms with Crippen molar-refractivity contribution in [3.8, 4) is 0 Å². The van der Waals surface area contributed by atoms with Crippen LogP contribution in [0.25, 0.3) is 0 Å². The van der Waals surface area contributed by atoms with Crippen molar-refractivity contribution in [1.82, 2.24) is 0 Å². The molecule has 2 rings (SSSR count). The van der Waals surface area contributed by atoms with Crippen LogP contribution in [-0.2, 0) is 11.0 Å². The molecule has 0 N–H and O–H groups in total. The monoisotopic (exact) mass is 411 g/mol. The van der Waals surface area contributed by atoms with Crippen LogP contribution in [0.4, 0.5) is 27.6 Å². The van der Waals surface area contributed by atoms with Gasteiger partial charge in [0.15, 0.2) is 23.3 Å². The highest BCUT2D eigenvalue weighted by atomic mass is 35.5. The molecule has 2 aromatic rings. The highest BCUT2D eigenvalue weighted by Crippen LogP contribution is 2.25. The van der Waals surface area contributed by atoms with E-state index < -0.39 is 54.1 Å². The standard InChI is InChI=1S/C15H11ClF5NO3Si/c1-26(2,15-13(20)11(18)10(17)12(19)14(15)21)25-6-7-5-8(22(23)24)3-4-9(7)16/h3-5H,6H2,1-2H3. The van der Waals surface area contributed by atoms with Gasteiger partial charge in [0.1, 0.15) is 0 Å². The first-order valence-corrected chi connectivity index (χ1v) is 10.3. The predicted octanol–water partition coefficient (Wildman–Crippen LogP) is 4.57. The van der Waals surface area contributed by atoms with Crippen molar-refractivity contribution in [1.29, 1.82) is 0 Å². The van der Waals surface area contributed by atoms with Gasteiger partial charge in [-0.15, -0.1) is 0 Å². The largest absolute Gasteiger partial charge is 0.408 e. The zero-order valence-corrected chi connectivity index (χ0v) is 15.1. The second-order valence-corrected chi connectivity index (χ2v) is 9.99. The van der Waals surface area contributed by atoms with Crippen molar-refractivity contribution < 1.29 is 31.3 Å². The molecule has 4 nitrogen and oxygen atoms in total. The molecule has 0 spiro atoms. The van der Waals surface area contributed by atoms with Crippen LogP contribution in [0.15, 0.2) is 18.2 Å². The van der Waals surface area contributed by atoms with Crippen LogP contribution < -0.4 is 5.19 Å². The number of nitrogens with zero attached hydrogens (tertiary/aromatic N) is 1. The first kappa shape index (κ1) is 20.3. The SMILES string of the molecule is C[Si](C)(OCc1cc([N+](=O)[O-])ccc1Cl)c1c(F)c(F)c(F)c(F)c1F. The average Bonchev–Trinajstić information content (AvgIpc) is 2.57. The van der Waals surface area contributed by atoms with E-state index in [0.29, 0.717) is 0 Å². The third kappa shape index (κ3) is 3.71. The molecule has 2 aromatic carbocycles. The Balaban J connectivity index is 2.39. The van der Waals surface area contributed by atoms with E-state index in [0.717, 1.165) is 12.1 Å². The lowest BCUT2D eigenvalue weighted by atomic mass is 10.2. The molecule has 0 atom stereocenters. The summed E-state index contributed by atoms with van der Waals surface area (Å²) in [4.78, 5) is 10.1. The normalized spacial score (nSPS) is 11.7. The molecule has 0 fully saturated rings. The number of hydrogen-bond acceptors (Lipinski definition) is 3. The number of rotatable bonds is 5. The lowest BCUT2D eigenvalue weighted by molar-refractivity contribution is -0.384. The molecular formula is C15H11ClF5NO3Si. The molecule has 0 aliphatic heterocycles. The third-order valence-corrected chi connectivity index (χ3v) is 6.52. The van der Waals surface area contributed by atoms with Crippen LogP contribution in [0.3, 0.4) is 0 Å². The van der Waals surface area contributed by atoms with Crippen LogP contribution >= 0.6 is 11.6 Å². The van der Waals surface area contributed by atoms with E-state index in [1.54, 1.807) is 0 Å². The average molecular weight is 412 g/mol. The van der Waals surface area contributed by atoms with Gasteiger partial charge in [0.25, 0.3) is 5.69 Å². The molecule has 0 saturated heterocycles. The molecule has 0 bridgehead atoms. The minimum absolute atomic E-state index is 0.0952. The highest BCUT2D eigenvalue weighted by molar-refractivity contribution is 6.84. The second kappa shape index (κ2) is 7.29. The number of nitro benzene ring substituents is 1. The molecule has 0 saturated carbocycles. The zero-order chi connectivity index (χ0) is 19.8. The summed E-state index contributed by atoms with van der Waals surface area (Å²) in [7, 11) is -3.63. The number of halogens is 6. The summed E-state index contributed by atoms with van der Waals surface area (Å²) in [6.45, 7) is 2.06. The van der Waals surface area contributed by atoms with Gasteiger partial charge in [0.05, 0.1) is 11.5 Å². The predicted molar refractivity (Wildman–Crippen MR) is 86.2 cm³/mol. The van der Waals surface area contributed by atoms with Gasteiger partial charge in [0, 0.05) is 27.9 Å². The summed E-state index contributed by atoms with van der Waals surface area (Å²) in [5.41, 5.74) is -0.144. The molecule has 0 radical (unpaired) electrons. The molecule has 11 heteroatoms. The first-order valence-electron chi connectivity index (χ1n) is 7.06. The van der Waals surface area contributed by atoms with E-state index >= 15 is 0 Å². The minimum Gasteiger partial charge on any atom is -0.408 e. The Kier molecular flexibility index (Phi) is 5.69. The lowest BCUT2D eigenvalue weighted by Gasteiger charge is -2.25. The Morgan fingerprint density at radius 2 is 1.54 bits per heavy atom. The van der Waals surface area contributed by atoms with Gasteiger partial charge in [-0.1, -0.05) is 11.6 Å². The topological polar surface area (TPSA) is 52.4 Å². The summed E-state index contributed by atoms with van der Waals surface area (Å²) in [6.07, 6.45) is 0. The van der Waals surface area contributed by atoms with E-state index in [9.17, 15) is 32.1 Å². The van der Waals surface area contributed by atoms with Crippen LogP contribution in [0.1, 0.15) is 5.56 Å². The van der Waals surface area contributed by atoms with Crippen LogP contribution in [-0.4, -0.2) is 13.2 Å². The number of hydrogen-bond donors (Lipinski definition) is 0. The van der Waals surface area contributed by atoms with Gasteiger partial charge in [-0.25, -0.2) is 22.0 Å². The van der Waals surface area contributed by atoms with Gasteiger partial charge < -0.3 is 4.43 Å². The van der Waals surface area contributed by atoms with E-state index in [1.165, 1.54) is 19.2 Å². The summed E-state index contributed by atoms with van der Waals surface area (Å²) >= 11 is 5.90. The van der Waals surface area contributed by atoms with Crippen molar-refractivity contribution in [2.75, 3.05) is 0 Å². The molecule has 0 aliphatic rings. The fraction of sp³-hybridized carbons (Fsp3) is 0.200. The number of benzene rings is 2. The van der Waals surface area contributed by atoms with Gasteiger partial charge in [-0.05, 0) is 19.2 Å². The Bertz CT molecular complexity index is 865. The van der Waals surface area contributed by atoms with Crippen molar-refractivity contribution in [2.24, 2.45) is 0 Å². The summed E-state index contributed by atoms with van der Waals surface area (Å²) in [5, 5.41) is 9.87. The molecule has 26 heavy (non-hydrogen) atoms. The van der Waals surface area contributed by atoms with E-state index in [-0.39, 0.29) is 16.3 Å². The van der Waals surface area contributed by atoms with Crippen LogP contribution in [0.5, 0.6) is 0 Å². The molecule has 0 heterocycles. The van der Waals surface area contributed by atoms with Crippen molar-refractivity contribution in [3.63, 3.8) is 0 Å². The van der Waals surface area contributed by atoms with Crippen molar-refractivity contribution >= 4 is 30.8 Å². The first-order chi connectivity index (χ1) is 12.0. The van der Waals surface area contributed by atoms with Gasteiger partial charge in [0.2, 0.25) is 14.1 Å². The Hall–Kier alpha value is -2.04. The molecule has 0 unspecified atom stereocenters. The summed E-state index contributed by atoms with van der Waals surface area (Å²) < 4.78 is 73.4. The van der Waals surface area contributed by atoms with Gasteiger partial charge in [-0.2, -0.15) is 0 Å². The molecule has 0 amide bonds. The molecule has 0 aromatic heterocycles. The van der Waals surface area contributed by atoms with Crippen molar-refractivity contribution in [3.05, 3.63) is 68.0 Å². The van der Waals surface area contributed by atoms with E-state index in [4.69, 9.17) is 16.0 Å². The smallest absolute Gasteiger partial charge is 0.269 e. The number of non-ortho nitro benzene ring substituents is 1. The maximum Gasteiger partial charge on any atom is 0.269 e. The highest BCUT2D eigenvalue weighted by Gasteiger charge is 2.38. The van der Waals surface area contributed by atoms with E-state index in [1.807, 2.05) is 0 Å². The minimum atomic E-state index is -3.63. The lowest BCUT2D eigenvalue weighted by Crippen LogP contribution is -2.49. The fourth-order valence-electron chi connectivity index (χ4n) is 2.25. The Morgan fingerprint density at radius 3 is 2.04 bits per heavy atom. The van der Waals surface area contributed by atoms with Crippen LogP contribution in [0.2, 0.25) is 18.1 Å². The zero-order valence-electron chi connectivity index (χ0n) is 13.4. The Labute approximate surface area is 150 Å². The molecule has 140 valence electrons. The van der Waals surface area contributed by atoms with Gasteiger partial charge in [-0.3, -0.25) is 10.1 Å². The Morgan fingerprint density at radius 1 is 1.04 bits per heavy atom. The maximum atomic E-state index is 14.0. The van der Waals surface area contributed by atoms with E-state index in [2.05, 4.69) is 0 Å². The molecule has 0 aliphatic carbocycles. The number of nitro groups is 1. The second-order valence-electron chi connectivity index (χ2n) is 5.78. The summed E-state index contributed by atoms with van der Waals surface area (Å²) in [6, 6.07) is 3.50.